The molecule has 8 heteroatoms. The molecule has 1 amide bonds. The lowest BCUT2D eigenvalue weighted by atomic mass is 10.2. The molecule has 0 saturated carbocycles. The third kappa shape index (κ3) is 2.43. The largest absolute Gasteiger partial charge is 0.301 e. The molecule has 0 aromatic carbocycles. The SMILES string of the molecule is Cc1cn2cc(C(=O)Nc3nc4c(s3)CN(C)CC4)nc2s1. The molecule has 1 aliphatic rings. The first-order valence-electron chi connectivity index (χ1n) is 7.02. The van der Waals surface area contributed by atoms with E-state index in [1.165, 1.54) is 9.75 Å². The summed E-state index contributed by atoms with van der Waals surface area (Å²) in [7, 11) is 2.10. The van der Waals surface area contributed by atoms with Crippen LogP contribution in [0.1, 0.15) is 25.9 Å². The zero-order valence-corrected chi connectivity index (χ0v) is 13.9. The van der Waals surface area contributed by atoms with Crippen molar-refractivity contribution >= 4 is 38.7 Å². The first-order chi connectivity index (χ1) is 10.6. The molecule has 0 radical (unpaired) electrons. The lowest BCUT2D eigenvalue weighted by molar-refractivity contribution is 0.102. The van der Waals surface area contributed by atoms with Crippen molar-refractivity contribution in [2.45, 2.75) is 19.9 Å². The fourth-order valence-electron chi connectivity index (χ4n) is 2.56. The number of thiazole rings is 2. The predicted octanol–water partition coefficient (Wildman–Crippen LogP) is 2.40. The number of fused-ring (bicyclic) bond motifs is 2. The van der Waals surface area contributed by atoms with Crippen molar-refractivity contribution in [3.63, 3.8) is 0 Å². The van der Waals surface area contributed by atoms with E-state index in [2.05, 4.69) is 27.2 Å². The highest BCUT2D eigenvalue weighted by Crippen LogP contribution is 2.28. The molecule has 0 spiro atoms. The zero-order chi connectivity index (χ0) is 15.3. The second-order valence-electron chi connectivity index (χ2n) is 5.49. The van der Waals surface area contributed by atoms with Gasteiger partial charge in [-0.15, -0.1) is 22.7 Å². The van der Waals surface area contributed by atoms with Crippen LogP contribution in [0.3, 0.4) is 0 Å². The van der Waals surface area contributed by atoms with Gasteiger partial charge in [0.1, 0.15) is 5.69 Å². The number of hydrogen-bond donors (Lipinski definition) is 1. The molecule has 0 saturated heterocycles. The van der Waals surface area contributed by atoms with Gasteiger partial charge in [-0.1, -0.05) is 0 Å². The molecule has 0 unspecified atom stereocenters. The van der Waals surface area contributed by atoms with E-state index in [0.29, 0.717) is 10.8 Å². The topological polar surface area (TPSA) is 62.5 Å². The van der Waals surface area contributed by atoms with E-state index in [1.807, 2.05) is 17.5 Å². The molecular formula is C14H15N5OS2. The molecule has 3 aromatic rings. The number of rotatable bonds is 2. The summed E-state index contributed by atoms with van der Waals surface area (Å²) in [6, 6.07) is 0. The lowest BCUT2D eigenvalue weighted by Crippen LogP contribution is -2.25. The summed E-state index contributed by atoms with van der Waals surface area (Å²) in [5.74, 6) is -0.201. The van der Waals surface area contributed by atoms with Gasteiger partial charge in [0.15, 0.2) is 10.1 Å². The minimum Gasteiger partial charge on any atom is -0.301 e. The molecule has 3 aromatic heterocycles. The van der Waals surface area contributed by atoms with Gasteiger partial charge in [0, 0.05) is 41.7 Å². The Hall–Kier alpha value is -1.77. The second kappa shape index (κ2) is 5.15. The Balaban J connectivity index is 1.55. The molecule has 0 bridgehead atoms. The number of carbonyl (C=O) groups is 1. The van der Waals surface area contributed by atoms with E-state index in [-0.39, 0.29) is 5.91 Å². The van der Waals surface area contributed by atoms with Crippen molar-refractivity contribution in [2.75, 3.05) is 18.9 Å². The van der Waals surface area contributed by atoms with Crippen LogP contribution in [-0.2, 0) is 13.0 Å². The normalized spacial score (nSPS) is 15.2. The van der Waals surface area contributed by atoms with Gasteiger partial charge in [-0.05, 0) is 14.0 Å². The Kier molecular flexibility index (Phi) is 3.24. The average Bonchev–Trinajstić information content (AvgIpc) is 3.09. The quantitative estimate of drug-likeness (QED) is 0.782. The van der Waals surface area contributed by atoms with Gasteiger partial charge in [-0.3, -0.25) is 14.5 Å². The van der Waals surface area contributed by atoms with Crippen molar-refractivity contribution in [1.82, 2.24) is 19.3 Å². The number of imidazole rings is 1. The van der Waals surface area contributed by atoms with Gasteiger partial charge in [0.05, 0.1) is 5.69 Å². The van der Waals surface area contributed by atoms with Crippen molar-refractivity contribution in [2.24, 2.45) is 0 Å². The average molecular weight is 333 g/mol. The van der Waals surface area contributed by atoms with E-state index < -0.39 is 0 Å². The molecule has 0 aliphatic carbocycles. The molecular weight excluding hydrogens is 318 g/mol. The van der Waals surface area contributed by atoms with Gasteiger partial charge >= 0.3 is 0 Å². The standard InChI is InChI=1S/C14H15N5OS2/c1-8-5-19-6-10(16-14(19)21-8)12(20)17-13-15-9-3-4-18(2)7-11(9)22-13/h5-6H,3-4,7H2,1-2H3,(H,15,17,20). The molecule has 1 aliphatic heterocycles. The molecule has 4 heterocycles. The Bertz CT molecular complexity index is 830. The molecule has 6 nitrogen and oxygen atoms in total. The first kappa shape index (κ1) is 13.9. The van der Waals surface area contributed by atoms with Crippen LogP contribution in [0.15, 0.2) is 12.4 Å². The van der Waals surface area contributed by atoms with Crippen LogP contribution in [0, 0.1) is 6.92 Å². The predicted molar refractivity (Wildman–Crippen MR) is 87.9 cm³/mol. The van der Waals surface area contributed by atoms with Crippen LogP contribution in [0.25, 0.3) is 4.96 Å². The second-order valence-corrected chi connectivity index (χ2v) is 7.79. The van der Waals surface area contributed by atoms with E-state index in [0.717, 1.165) is 30.2 Å². The fraction of sp³-hybridized carbons (Fsp3) is 0.357. The minimum absolute atomic E-state index is 0.201. The zero-order valence-electron chi connectivity index (χ0n) is 12.3. The number of nitrogens with one attached hydrogen (secondary N) is 1. The van der Waals surface area contributed by atoms with Crippen LogP contribution in [0.5, 0.6) is 0 Å². The van der Waals surface area contributed by atoms with Crippen LogP contribution < -0.4 is 5.32 Å². The molecule has 22 heavy (non-hydrogen) atoms. The third-order valence-corrected chi connectivity index (χ3v) is 5.56. The van der Waals surface area contributed by atoms with Gasteiger partial charge in [-0.25, -0.2) is 9.97 Å². The first-order valence-corrected chi connectivity index (χ1v) is 8.65. The molecule has 1 N–H and O–H groups in total. The Morgan fingerprint density at radius 1 is 1.32 bits per heavy atom. The summed E-state index contributed by atoms with van der Waals surface area (Å²) in [5, 5.41) is 3.54. The van der Waals surface area contributed by atoms with Gasteiger partial charge in [0.2, 0.25) is 0 Å². The Morgan fingerprint density at radius 2 is 2.18 bits per heavy atom. The maximum Gasteiger partial charge on any atom is 0.277 e. The molecule has 114 valence electrons. The summed E-state index contributed by atoms with van der Waals surface area (Å²) >= 11 is 3.13. The summed E-state index contributed by atoms with van der Waals surface area (Å²) in [6.07, 6.45) is 4.68. The monoisotopic (exact) mass is 333 g/mol. The third-order valence-electron chi connectivity index (χ3n) is 3.65. The van der Waals surface area contributed by atoms with Crippen molar-refractivity contribution in [1.29, 1.82) is 0 Å². The summed E-state index contributed by atoms with van der Waals surface area (Å²) < 4.78 is 1.89. The van der Waals surface area contributed by atoms with Gasteiger partial charge in [0.25, 0.3) is 5.91 Å². The van der Waals surface area contributed by atoms with Crippen molar-refractivity contribution in [3.8, 4) is 0 Å². The van der Waals surface area contributed by atoms with Crippen molar-refractivity contribution in [3.05, 3.63) is 33.5 Å². The fourth-order valence-corrected chi connectivity index (χ4v) is 4.45. The lowest BCUT2D eigenvalue weighted by Gasteiger charge is -2.20. The van der Waals surface area contributed by atoms with E-state index in [4.69, 9.17) is 0 Å². The van der Waals surface area contributed by atoms with Crippen LogP contribution in [-0.4, -0.2) is 38.8 Å². The highest BCUT2D eigenvalue weighted by molar-refractivity contribution is 7.17. The highest BCUT2D eigenvalue weighted by atomic mass is 32.1. The van der Waals surface area contributed by atoms with Crippen molar-refractivity contribution < 1.29 is 4.79 Å². The summed E-state index contributed by atoms with van der Waals surface area (Å²) in [4.78, 5) is 26.7. The maximum atomic E-state index is 12.3. The maximum absolute atomic E-state index is 12.3. The van der Waals surface area contributed by atoms with Crippen LogP contribution >= 0.6 is 22.7 Å². The molecule has 0 atom stereocenters. The smallest absolute Gasteiger partial charge is 0.277 e. The number of nitrogens with zero attached hydrogens (tertiary/aromatic N) is 4. The van der Waals surface area contributed by atoms with E-state index in [1.54, 1.807) is 28.9 Å². The number of anilines is 1. The van der Waals surface area contributed by atoms with Gasteiger partial charge in [-0.2, -0.15) is 0 Å². The molecule has 0 fully saturated rings. The molecule has 4 rings (SSSR count). The number of aryl methyl sites for hydroxylation is 1. The number of carbonyl (C=O) groups excluding carboxylic acids is 1. The number of amides is 1. The Morgan fingerprint density at radius 3 is 3.00 bits per heavy atom. The van der Waals surface area contributed by atoms with E-state index in [9.17, 15) is 4.79 Å². The minimum atomic E-state index is -0.201. The van der Waals surface area contributed by atoms with Gasteiger partial charge < -0.3 is 4.90 Å². The number of likely N-dealkylation sites (N-methyl/N-ethyl adjacent to an activating group) is 1. The Labute approximate surface area is 135 Å². The highest BCUT2D eigenvalue weighted by Gasteiger charge is 2.20. The summed E-state index contributed by atoms with van der Waals surface area (Å²) in [6.45, 7) is 3.94. The van der Waals surface area contributed by atoms with Crippen LogP contribution in [0.4, 0.5) is 5.13 Å². The summed E-state index contributed by atoms with van der Waals surface area (Å²) in [5.41, 5.74) is 1.54. The van der Waals surface area contributed by atoms with Crippen LogP contribution in [0.2, 0.25) is 0 Å². The number of aromatic nitrogens is 3. The van der Waals surface area contributed by atoms with E-state index >= 15 is 0 Å². The number of hydrogen-bond acceptors (Lipinski definition) is 6.